The Hall–Kier alpha value is -2.82. The minimum Gasteiger partial charge on any atom is -0.508 e. The molecule has 1 aliphatic carbocycles. The number of aromatic hydroxyl groups is 1. The van der Waals surface area contributed by atoms with E-state index >= 15 is 0 Å². The summed E-state index contributed by atoms with van der Waals surface area (Å²) in [5.41, 5.74) is 5.76. The molecular formula is C24H27N3O2. The lowest BCUT2D eigenvalue weighted by atomic mass is 9.51. The summed E-state index contributed by atoms with van der Waals surface area (Å²) in [5, 5.41) is 10.3. The van der Waals surface area contributed by atoms with Gasteiger partial charge in [0.2, 0.25) is 0 Å². The summed E-state index contributed by atoms with van der Waals surface area (Å²) in [5.74, 6) is 0.411. The third-order valence-electron chi connectivity index (χ3n) is 7.84. The first kappa shape index (κ1) is 18.2. The van der Waals surface area contributed by atoms with Crippen molar-refractivity contribution in [3.8, 4) is 5.75 Å². The quantitative estimate of drug-likeness (QED) is 0.651. The molecule has 2 bridgehead atoms. The minimum atomic E-state index is -0.0740. The van der Waals surface area contributed by atoms with Gasteiger partial charge in [0.15, 0.2) is 0 Å². The molecule has 2 aliphatic rings. The molecule has 3 aromatic rings. The van der Waals surface area contributed by atoms with Gasteiger partial charge in [0.25, 0.3) is 5.91 Å². The van der Waals surface area contributed by atoms with Crippen LogP contribution in [0.4, 0.5) is 0 Å². The van der Waals surface area contributed by atoms with Crippen LogP contribution in [0.1, 0.15) is 54.2 Å². The Morgan fingerprint density at radius 1 is 1.24 bits per heavy atom. The van der Waals surface area contributed by atoms with E-state index in [-0.39, 0.29) is 22.8 Å². The molecule has 1 fully saturated rings. The summed E-state index contributed by atoms with van der Waals surface area (Å²) in [7, 11) is 0. The van der Waals surface area contributed by atoms with Crippen LogP contribution in [0.2, 0.25) is 0 Å². The van der Waals surface area contributed by atoms with Crippen molar-refractivity contribution < 1.29 is 9.90 Å². The van der Waals surface area contributed by atoms with Gasteiger partial charge in [-0.15, -0.1) is 0 Å². The largest absolute Gasteiger partial charge is 0.508 e. The van der Waals surface area contributed by atoms with E-state index in [4.69, 9.17) is 0 Å². The second kappa shape index (κ2) is 5.85. The zero-order valence-corrected chi connectivity index (χ0v) is 17.4. The number of rotatable bonds is 1. The number of benzene rings is 2. The molecule has 0 saturated carbocycles. The zero-order chi connectivity index (χ0) is 20.6. The summed E-state index contributed by atoms with van der Waals surface area (Å²) in [6.45, 7) is 9.61. The van der Waals surface area contributed by atoms with Gasteiger partial charge in [-0.05, 0) is 66.1 Å². The van der Waals surface area contributed by atoms with E-state index in [1.54, 1.807) is 6.33 Å². The molecule has 2 heterocycles. The van der Waals surface area contributed by atoms with Crippen molar-refractivity contribution >= 4 is 16.9 Å². The highest BCUT2D eigenvalue weighted by molar-refractivity contribution is 5.97. The van der Waals surface area contributed by atoms with Crippen LogP contribution in [0.3, 0.4) is 0 Å². The number of fused-ring (bicyclic) bond motifs is 5. The lowest BCUT2D eigenvalue weighted by Crippen LogP contribution is -2.64. The number of aryl methyl sites for hydroxylation is 1. The normalized spacial score (nSPS) is 25.1. The minimum absolute atomic E-state index is 0.0339. The molecule has 2 atom stereocenters. The highest BCUT2D eigenvalue weighted by Gasteiger charge is 2.56. The van der Waals surface area contributed by atoms with Gasteiger partial charge < -0.3 is 15.0 Å². The number of carbonyl (C=O) groups is 1. The van der Waals surface area contributed by atoms with Gasteiger partial charge in [-0.1, -0.05) is 26.8 Å². The fraction of sp³-hybridized carbons (Fsp3) is 0.417. The molecule has 1 saturated heterocycles. The molecule has 5 rings (SSSR count). The van der Waals surface area contributed by atoms with Gasteiger partial charge in [-0.2, -0.15) is 0 Å². The van der Waals surface area contributed by atoms with E-state index in [0.717, 1.165) is 36.0 Å². The number of amides is 1. The monoisotopic (exact) mass is 389 g/mol. The van der Waals surface area contributed by atoms with Crippen LogP contribution < -0.4 is 0 Å². The van der Waals surface area contributed by atoms with E-state index in [1.165, 1.54) is 11.1 Å². The Kier molecular flexibility index (Phi) is 3.67. The number of hydrogen-bond donors (Lipinski definition) is 2. The van der Waals surface area contributed by atoms with Crippen LogP contribution in [0.25, 0.3) is 11.0 Å². The maximum atomic E-state index is 13.5. The first-order valence-electron chi connectivity index (χ1n) is 10.3. The van der Waals surface area contributed by atoms with Gasteiger partial charge >= 0.3 is 0 Å². The van der Waals surface area contributed by atoms with E-state index in [9.17, 15) is 9.90 Å². The van der Waals surface area contributed by atoms with Crippen LogP contribution in [0, 0.1) is 12.3 Å². The first-order valence-corrected chi connectivity index (χ1v) is 10.3. The molecule has 1 unspecified atom stereocenters. The number of nitrogens with one attached hydrogen (secondary N) is 1. The summed E-state index contributed by atoms with van der Waals surface area (Å²) >= 11 is 0. The Bertz CT molecular complexity index is 1150. The molecule has 2 N–H and O–H groups in total. The van der Waals surface area contributed by atoms with Gasteiger partial charge in [-0.25, -0.2) is 4.98 Å². The summed E-state index contributed by atoms with van der Waals surface area (Å²) in [6, 6.07) is 9.83. The molecule has 0 radical (unpaired) electrons. The molecule has 150 valence electrons. The van der Waals surface area contributed by atoms with Crippen molar-refractivity contribution in [1.82, 2.24) is 14.9 Å². The number of H-pyrrole nitrogens is 1. The Balaban J connectivity index is 1.58. The first-order chi connectivity index (χ1) is 13.7. The fourth-order valence-corrected chi connectivity index (χ4v) is 5.53. The number of piperidine rings is 1. The number of likely N-dealkylation sites (tertiary alicyclic amines) is 1. The van der Waals surface area contributed by atoms with Crippen LogP contribution in [-0.2, 0) is 11.8 Å². The molecule has 2 aromatic carbocycles. The molecule has 1 aromatic heterocycles. The molecule has 1 amide bonds. The predicted octanol–water partition coefficient (Wildman–Crippen LogP) is 4.33. The number of carbonyl (C=O) groups excluding carboxylic acids is 1. The SMILES string of the molecule is Cc1cc2c(cc1O)CC1N(C(=O)c3ccc4nc[nH]c4c3)CC[C@]2(C)C1(C)C. The summed E-state index contributed by atoms with van der Waals surface area (Å²) < 4.78 is 0. The number of aromatic amines is 1. The van der Waals surface area contributed by atoms with Crippen molar-refractivity contribution in [2.24, 2.45) is 5.41 Å². The second-order valence-corrected chi connectivity index (χ2v) is 9.45. The molecular weight excluding hydrogens is 362 g/mol. The molecule has 5 heteroatoms. The van der Waals surface area contributed by atoms with Crippen molar-refractivity contribution in [2.75, 3.05) is 6.54 Å². The lowest BCUT2D eigenvalue weighted by Gasteiger charge is -2.61. The average molecular weight is 389 g/mol. The van der Waals surface area contributed by atoms with Gasteiger partial charge in [0, 0.05) is 23.6 Å². The van der Waals surface area contributed by atoms with Gasteiger partial charge in [-0.3, -0.25) is 4.79 Å². The number of aromatic nitrogens is 2. The molecule has 0 spiro atoms. The summed E-state index contributed by atoms with van der Waals surface area (Å²) in [6.07, 6.45) is 3.33. The average Bonchev–Trinajstić information content (AvgIpc) is 3.14. The molecule has 1 aliphatic heterocycles. The van der Waals surface area contributed by atoms with Crippen molar-refractivity contribution in [2.45, 2.75) is 52.0 Å². The van der Waals surface area contributed by atoms with Gasteiger partial charge in [0.1, 0.15) is 5.75 Å². The highest BCUT2D eigenvalue weighted by atomic mass is 16.3. The fourth-order valence-electron chi connectivity index (χ4n) is 5.53. The summed E-state index contributed by atoms with van der Waals surface area (Å²) in [4.78, 5) is 22.9. The number of nitrogens with zero attached hydrogens (tertiary/aromatic N) is 2. The van der Waals surface area contributed by atoms with E-state index in [2.05, 4.69) is 41.7 Å². The standard InChI is InChI=1S/C24H27N3O2/c1-14-9-17-16(11-20(14)28)12-21-23(2,3)24(17,4)7-8-27(21)22(29)15-5-6-18-19(10-15)26-13-25-18/h5-6,9-11,13,21,28H,7-8,12H2,1-4H3,(H,25,26)/t21?,24-/m0/s1. The van der Waals surface area contributed by atoms with Crippen LogP contribution in [0.5, 0.6) is 5.75 Å². The zero-order valence-electron chi connectivity index (χ0n) is 17.4. The maximum Gasteiger partial charge on any atom is 0.254 e. The topological polar surface area (TPSA) is 69.2 Å². The number of hydrogen-bond acceptors (Lipinski definition) is 3. The van der Waals surface area contributed by atoms with E-state index in [0.29, 0.717) is 11.3 Å². The second-order valence-electron chi connectivity index (χ2n) is 9.45. The third kappa shape index (κ3) is 2.39. The lowest BCUT2D eigenvalue weighted by molar-refractivity contribution is -0.0262. The van der Waals surface area contributed by atoms with Crippen molar-refractivity contribution in [3.63, 3.8) is 0 Å². The van der Waals surface area contributed by atoms with E-state index < -0.39 is 0 Å². The molecule has 5 nitrogen and oxygen atoms in total. The predicted molar refractivity (Wildman–Crippen MR) is 113 cm³/mol. The van der Waals surface area contributed by atoms with E-state index in [1.807, 2.05) is 31.2 Å². The highest BCUT2D eigenvalue weighted by Crippen LogP contribution is 2.56. The van der Waals surface area contributed by atoms with Crippen LogP contribution in [0.15, 0.2) is 36.7 Å². The Labute approximate surface area is 170 Å². The van der Waals surface area contributed by atoms with Crippen LogP contribution in [-0.4, -0.2) is 38.5 Å². The smallest absolute Gasteiger partial charge is 0.254 e. The number of imidazole rings is 1. The van der Waals surface area contributed by atoms with Crippen molar-refractivity contribution in [3.05, 3.63) is 58.9 Å². The number of phenolic OH excluding ortho intramolecular Hbond substituents is 1. The van der Waals surface area contributed by atoms with Gasteiger partial charge in [0.05, 0.1) is 17.4 Å². The third-order valence-corrected chi connectivity index (χ3v) is 7.84. The Morgan fingerprint density at radius 2 is 2.03 bits per heavy atom. The van der Waals surface area contributed by atoms with Crippen molar-refractivity contribution in [1.29, 1.82) is 0 Å². The molecule has 29 heavy (non-hydrogen) atoms. The van der Waals surface area contributed by atoms with Crippen LogP contribution >= 0.6 is 0 Å². The maximum absolute atomic E-state index is 13.5. The number of phenols is 1. The Morgan fingerprint density at radius 3 is 2.83 bits per heavy atom.